The minimum absolute atomic E-state index is 0.178. The van der Waals surface area contributed by atoms with Gasteiger partial charge in [-0.3, -0.25) is 0 Å². The third-order valence-corrected chi connectivity index (χ3v) is 4.82. The predicted octanol–water partition coefficient (Wildman–Crippen LogP) is 4.55. The van der Waals surface area contributed by atoms with Gasteiger partial charge in [0.15, 0.2) is 0 Å². The summed E-state index contributed by atoms with van der Waals surface area (Å²) in [5.74, 6) is 0.589. The molecule has 0 bridgehead atoms. The Morgan fingerprint density at radius 3 is 2.52 bits per heavy atom. The normalized spacial score (nSPS) is 20.9. The Morgan fingerprint density at radius 2 is 1.83 bits per heavy atom. The number of benzene rings is 2. The molecule has 2 aromatic rings. The standard InChI is InChI=1S/C21H22N2/c1-3-9-17-14-16-10-7-8-13-19(16)21(17)20(15-22)23(2)18-11-5-4-6-12-18/h3-13,17,20-21H,14H2,1-2H3/b9-3+/t17-,20+,21+/m0/s1. The molecule has 0 amide bonds. The second-order valence-electron chi connectivity index (χ2n) is 6.14. The molecule has 0 radical (unpaired) electrons. The van der Waals surface area contributed by atoms with Crippen molar-refractivity contribution >= 4 is 5.69 Å². The van der Waals surface area contributed by atoms with Crippen LogP contribution in [-0.4, -0.2) is 13.1 Å². The van der Waals surface area contributed by atoms with E-state index in [0.29, 0.717) is 5.92 Å². The van der Waals surface area contributed by atoms with Crippen molar-refractivity contribution < 1.29 is 0 Å². The molecule has 0 fully saturated rings. The molecule has 0 spiro atoms. The highest BCUT2D eigenvalue weighted by Gasteiger charge is 2.38. The molecule has 1 aliphatic rings. The lowest BCUT2D eigenvalue weighted by atomic mass is 9.85. The van der Waals surface area contributed by atoms with Crippen molar-refractivity contribution in [2.24, 2.45) is 5.92 Å². The van der Waals surface area contributed by atoms with Gasteiger partial charge in [0, 0.05) is 18.7 Å². The van der Waals surface area contributed by atoms with E-state index in [9.17, 15) is 5.26 Å². The molecule has 2 heteroatoms. The zero-order valence-corrected chi connectivity index (χ0v) is 13.7. The number of likely N-dealkylation sites (N-methyl/N-ethyl adjacent to an activating group) is 1. The summed E-state index contributed by atoms with van der Waals surface area (Å²) in [4.78, 5) is 2.11. The summed E-state index contributed by atoms with van der Waals surface area (Å²) in [5.41, 5.74) is 3.79. The van der Waals surface area contributed by atoms with E-state index in [-0.39, 0.29) is 12.0 Å². The summed E-state index contributed by atoms with van der Waals surface area (Å²) >= 11 is 0. The Morgan fingerprint density at radius 1 is 1.13 bits per heavy atom. The second-order valence-corrected chi connectivity index (χ2v) is 6.14. The Labute approximate surface area is 138 Å². The van der Waals surface area contributed by atoms with Gasteiger partial charge in [0.25, 0.3) is 0 Å². The van der Waals surface area contributed by atoms with Crippen molar-refractivity contribution in [3.8, 4) is 6.07 Å². The Hall–Kier alpha value is -2.53. The Bertz CT molecular complexity index is 727. The zero-order chi connectivity index (χ0) is 16.2. The number of anilines is 1. The Kier molecular flexibility index (Phi) is 4.48. The van der Waals surface area contributed by atoms with Gasteiger partial charge >= 0.3 is 0 Å². The van der Waals surface area contributed by atoms with Crippen molar-refractivity contribution in [2.75, 3.05) is 11.9 Å². The molecule has 0 aromatic heterocycles. The van der Waals surface area contributed by atoms with E-state index in [1.807, 2.05) is 25.2 Å². The van der Waals surface area contributed by atoms with Crippen LogP contribution >= 0.6 is 0 Å². The van der Waals surface area contributed by atoms with Gasteiger partial charge in [0.1, 0.15) is 6.04 Å². The van der Waals surface area contributed by atoms with Gasteiger partial charge in [-0.2, -0.15) is 5.26 Å². The Balaban J connectivity index is 2.00. The number of hydrogen-bond acceptors (Lipinski definition) is 2. The molecule has 23 heavy (non-hydrogen) atoms. The maximum Gasteiger partial charge on any atom is 0.124 e. The minimum atomic E-state index is -0.178. The number of hydrogen-bond donors (Lipinski definition) is 0. The molecular formula is C21H22N2. The van der Waals surface area contributed by atoms with Crippen LogP contribution in [0.4, 0.5) is 5.69 Å². The minimum Gasteiger partial charge on any atom is -0.358 e. The molecule has 0 heterocycles. The van der Waals surface area contributed by atoms with E-state index in [1.165, 1.54) is 11.1 Å². The van der Waals surface area contributed by atoms with Crippen LogP contribution in [0.25, 0.3) is 0 Å². The van der Waals surface area contributed by atoms with E-state index in [4.69, 9.17) is 0 Å². The quantitative estimate of drug-likeness (QED) is 0.775. The van der Waals surface area contributed by atoms with Crippen LogP contribution in [0.5, 0.6) is 0 Å². The number of nitrogens with zero attached hydrogens (tertiary/aromatic N) is 2. The topological polar surface area (TPSA) is 27.0 Å². The lowest BCUT2D eigenvalue weighted by Crippen LogP contribution is -2.37. The molecule has 3 atom stereocenters. The average Bonchev–Trinajstić information content (AvgIpc) is 2.95. The largest absolute Gasteiger partial charge is 0.358 e. The van der Waals surface area contributed by atoms with Crippen LogP contribution in [0, 0.1) is 17.2 Å². The van der Waals surface area contributed by atoms with Gasteiger partial charge in [-0.05, 0) is 42.5 Å². The van der Waals surface area contributed by atoms with Crippen molar-refractivity contribution in [3.63, 3.8) is 0 Å². The van der Waals surface area contributed by atoms with E-state index in [0.717, 1.165) is 12.1 Å². The van der Waals surface area contributed by atoms with Gasteiger partial charge in [-0.25, -0.2) is 0 Å². The first kappa shape index (κ1) is 15.4. The molecule has 2 nitrogen and oxygen atoms in total. The fourth-order valence-electron chi connectivity index (χ4n) is 3.73. The van der Waals surface area contributed by atoms with E-state index in [2.05, 4.69) is 66.4 Å². The summed E-state index contributed by atoms with van der Waals surface area (Å²) in [6, 6.07) is 21.1. The maximum absolute atomic E-state index is 9.91. The SMILES string of the molecule is C/C=C/[C@H]1Cc2ccccc2[C@@H]1[C@@H](C#N)N(C)c1ccccc1. The van der Waals surface area contributed by atoms with Gasteiger partial charge in [0.2, 0.25) is 0 Å². The van der Waals surface area contributed by atoms with Gasteiger partial charge in [0.05, 0.1) is 6.07 Å². The van der Waals surface area contributed by atoms with Gasteiger partial charge in [-0.15, -0.1) is 0 Å². The second kappa shape index (κ2) is 6.71. The van der Waals surface area contributed by atoms with Crippen LogP contribution in [0.3, 0.4) is 0 Å². The molecule has 0 saturated carbocycles. The molecule has 1 aliphatic carbocycles. The highest BCUT2D eigenvalue weighted by atomic mass is 15.1. The van der Waals surface area contributed by atoms with Crippen molar-refractivity contribution in [1.29, 1.82) is 5.26 Å². The van der Waals surface area contributed by atoms with Crippen molar-refractivity contribution in [1.82, 2.24) is 0 Å². The van der Waals surface area contributed by atoms with E-state index in [1.54, 1.807) is 0 Å². The monoisotopic (exact) mass is 302 g/mol. The third-order valence-electron chi connectivity index (χ3n) is 4.82. The van der Waals surface area contributed by atoms with E-state index < -0.39 is 0 Å². The molecule has 0 unspecified atom stereocenters. The first-order chi connectivity index (χ1) is 11.3. The van der Waals surface area contributed by atoms with Crippen molar-refractivity contribution in [3.05, 3.63) is 77.9 Å². The molecule has 3 rings (SSSR count). The van der Waals surface area contributed by atoms with Gasteiger partial charge < -0.3 is 4.90 Å². The van der Waals surface area contributed by atoms with E-state index >= 15 is 0 Å². The van der Waals surface area contributed by atoms with Crippen LogP contribution < -0.4 is 4.90 Å². The average molecular weight is 302 g/mol. The number of allylic oxidation sites excluding steroid dienone is 2. The highest BCUT2D eigenvalue weighted by Crippen LogP contribution is 2.42. The summed E-state index contributed by atoms with van der Waals surface area (Å²) in [6.07, 6.45) is 5.39. The number of nitriles is 1. The van der Waals surface area contributed by atoms with Crippen LogP contribution in [0.1, 0.15) is 24.0 Å². The predicted molar refractivity (Wildman–Crippen MR) is 95.4 cm³/mol. The number of rotatable bonds is 4. The summed E-state index contributed by atoms with van der Waals surface area (Å²) in [6.45, 7) is 2.06. The molecular weight excluding hydrogens is 280 g/mol. The van der Waals surface area contributed by atoms with Crippen LogP contribution in [0.2, 0.25) is 0 Å². The smallest absolute Gasteiger partial charge is 0.124 e. The molecule has 0 saturated heterocycles. The highest BCUT2D eigenvalue weighted by molar-refractivity contribution is 5.51. The first-order valence-electron chi connectivity index (χ1n) is 8.14. The maximum atomic E-state index is 9.91. The molecule has 2 aromatic carbocycles. The first-order valence-corrected chi connectivity index (χ1v) is 8.14. The van der Waals surface area contributed by atoms with Gasteiger partial charge in [-0.1, -0.05) is 54.6 Å². The lowest BCUT2D eigenvalue weighted by molar-refractivity contribution is 0.496. The molecule has 0 aliphatic heterocycles. The fourth-order valence-corrected chi connectivity index (χ4v) is 3.73. The lowest BCUT2D eigenvalue weighted by Gasteiger charge is -2.32. The third kappa shape index (κ3) is 2.87. The summed E-state index contributed by atoms with van der Waals surface area (Å²) in [5, 5.41) is 9.91. The molecule has 116 valence electrons. The number of fused-ring (bicyclic) bond motifs is 1. The summed E-state index contributed by atoms with van der Waals surface area (Å²) < 4.78 is 0. The fraction of sp³-hybridized carbons (Fsp3) is 0.286. The van der Waals surface area contributed by atoms with Crippen LogP contribution in [0.15, 0.2) is 66.7 Å². The summed E-state index contributed by atoms with van der Waals surface area (Å²) in [7, 11) is 2.02. The number of para-hydroxylation sites is 1. The molecule has 0 N–H and O–H groups in total. The zero-order valence-electron chi connectivity index (χ0n) is 13.7. The van der Waals surface area contributed by atoms with Crippen molar-refractivity contribution in [2.45, 2.75) is 25.3 Å². The van der Waals surface area contributed by atoms with Crippen LogP contribution in [-0.2, 0) is 6.42 Å².